The second-order valence-electron chi connectivity index (χ2n) is 3.61. The molecule has 0 aliphatic heterocycles. The molecule has 2 aromatic rings. The first-order valence-electron chi connectivity index (χ1n) is 5.08. The molecule has 0 unspecified atom stereocenters. The quantitative estimate of drug-likeness (QED) is 0.907. The number of benzene rings is 1. The summed E-state index contributed by atoms with van der Waals surface area (Å²) in [5.41, 5.74) is 1.78. The number of carboxylic acid groups (broad SMARTS) is 1. The highest BCUT2D eigenvalue weighted by Crippen LogP contribution is 2.14. The SMILES string of the molecule is O=C(O)c1cccnc1Cc1ccc(Cl)cc1. The molecule has 0 saturated heterocycles. The fourth-order valence-corrected chi connectivity index (χ4v) is 1.70. The Morgan fingerprint density at radius 2 is 1.94 bits per heavy atom. The zero-order chi connectivity index (χ0) is 12.3. The van der Waals surface area contributed by atoms with E-state index in [9.17, 15) is 4.79 Å². The Bertz CT molecular complexity index is 537. The number of rotatable bonds is 3. The fraction of sp³-hybridized carbons (Fsp3) is 0.0769. The van der Waals surface area contributed by atoms with Gasteiger partial charge < -0.3 is 5.11 Å². The Labute approximate surface area is 104 Å². The third kappa shape index (κ3) is 2.82. The van der Waals surface area contributed by atoms with Crippen molar-refractivity contribution in [3.63, 3.8) is 0 Å². The van der Waals surface area contributed by atoms with Gasteiger partial charge in [-0.3, -0.25) is 4.98 Å². The standard InChI is InChI=1S/C13H10ClNO2/c14-10-5-3-9(4-6-10)8-12-11(13(16)17)2-1-7-15-12/h1-7H,8H2,(H,16,17). The van der Waals surface area contributed by atoms with Crippen molar-refractivity contribution >= 4 is 17.6 Å². The molecule has 0 atom stereocenters. The zero-order valence-electron chi connectivity index (χ0n) is 8.93. The van der Waals surface area contributed by atoms with E-state index < -0.39 is 5.97 Å². The van der Waals surface area contributed by atoms with Gasteiger partial charge in [0.15, 0.2) is 0 Å². The summed E-state index contributed by atoms with van der Waals surface area (Å²) >= 11 is 5.79. The molecule has 0 spiro atoms. The van der Waals surface area contributed by atoms with Crippen molar-refractivity contribution in [2.45, 2.75) is 6.42 Å². The van der Waals surface area contributed by atoms with Crippen molar-refractivity contribution in [3.05, 3.63) is 64.4 Å². The Morgan fingerprint density at radius 1 is 1.24 bits per heavy atom. The molecule has 0 aliphatic carbocycles. The van der Waals surface area contributed by atoms with Crippen molar-refractivity contribution in [3.8, 4) is 0 Å². The summed E-state index contributed by atoms with van der Waals surface area (Å²) in [6.07, 6.45) is 2.08. The molecule has 86 valence electrons. The predicted molar refractivity (Wildman–Crippen MR) is 65.5 cm³/mol. The minimum atomic E-state index is -0.956. The van der Waals surface area contributed by atoms with E-state index in [0.717, 1.165) is 5.56 Å². The topological polar surface area (TPSA) is 50.2 Å². The lowest BCUT2D eigenvalue weighted by molar-refractivity contribution is 0.0695. The number of aromatic nitrogens is 1. The van der Waals surface area contributed by atoms with E-state index in [1.807, 2.05) is 12.1 Å². The lowest BCUT2D eigenvalue weighted by atomic mass is 10.1. The highest BCUT2D eigenvalue weighted by Gasteiger charge is 2.10. The van der Waals surface area contributed by atoms with Crippen LogP contribution < -0.4 is 0 Å². The van der Waals surface area contributed by atoms with Gasteiger partial charge in [0.2, 0.25) is 0 Å². The molecule has 17 heavy (non-hydrogen) atoms. The summed E-state index contributed by atoms with van der Waals surface area (Å²) in [6.45, 7) is 0. The van der Waals surface area contributed by atoms with Crippen LogP contribution in [0.15, 0.2) is 42.6 Å². The molecule has 0 saturated carbocycles. The van der Waals surface area contributed by atoms with Crippen LogP contribution in [0.4, 0.5) is 0 Å². The fourth-order valence-electron chi connectivity index (χ4n) is 1.57. The van der Waals surface area contributed by atoms with Crippen LogP contribution in [0.3, 0.4) is 0 Å². The molecule has 2 rings (SSSR count). The molecule has 0 aliphatic rings. The van der Waals surface area contributed by atoms with Crippen molar-refractivity contribution in [1.82, 2.24) is 4.98 Å². The number of hydrogen-bond donors (Lipinski definition) is 1. The van der Waals surface area contributed by atoms with E-state index in [1.54, 1.807) is 30.5 Å². The van der Waals surface area contributed by atoms with E-state index >= 15 is 0 Å². The monoisotopic (exact) mass is 247 g/mol. The Hall–Kier alpha value is -1.87. The minimum absolute atomic E-state index is 0.238. The largest absolute Gasteiger partial charge is 0.478 e. The molecule has 1 aromatic carbocycles. The van der Waals surface area contributed by atoms with Gasteiger partial charge in [-0.25, -0.2) is 4.79 Å². The van der Waals surface area contributed by atoms with Crippen LogP contribution in [-0.4, -0.2) is 16.1 Å². The first-order valence-corrected chi connectivity index (χ1v) is 5.46. The van der Waals surface area contributed by atoms with Crippen LogP contribution >= 0.6 is 11.6 Å². The number of nitrogens with zero attached hydrogens (tertiary/aromatic N) is 1. The molecule has 0 bridgehead atoms. The highest BCUT2D eigenvalue weighted by atomic mass is 35.5. The van der Waals surface area contributed by atoms with Crippen molar-refractivity contribution in [2.75, 3.05) is 0 Å². The molecule has 0 fully saturated rings. The smallest absolute Gasteiger partial charge is 0.337 e. The lowest BCUT2D eigenvalue weighted by Gasteiger charge is -2.04. The zero-order valence-corrected chi connectivity index (χ0v) is 9.69. The second kappa shape index (κ2) is 4.97. The molecule has 4 heteroatoms. The van der Waals surface area contributed by atoms with Crippen LogP contribution in [-0.2, 0) is 6.42 Å². The van der Waals surface area contributed by atoms with Crippen LogP contribution in [0, 0.1) is 0 Å². The molecule has 1 heterocycles. The van der Waals surface area contributed by atoms with Gasteiger partial charge in [-0.1, -0.05) is 23.7 Å². The van der Waals surface area contributed by atoms with E-state index in [4.69, 9.17) is 16.7 Å². The van der Waals surface area contributed by atoms with Crippen LogP contribution in [0.1, 0.15) is 21.6 Å². The minimum Gasteiger partial charge on any atom is -0.478 e. The Morgan fingerprint density at radius 3 is 2.59 bits per heavy atom. The summed E-state index contributed by atoms with van der Waals surface area (Å²) in [5.74, 6) is -0.956. The number of aromatic carboxylic acids is 1. The maximum absolute atomic E-state index is 11.0. The Balaban J connectivity index is 2.30. The first-order chi connectivity index (χ1) is 8.16. The average molecular weight is 248 g/mol. The van der Waals surface area contributed by atoms with Crippen LogP contribution in [0.25, 0.3) is 0 Å². The maximum atomic E-state index is 11.0. The molecule has 0 amide bonds. The normalized spacial score (nSPS) is 10.2. The van der Waals surface area contributed by atoms with Gasteiger partial charge in [-0.05, 0) is 29.8 Å². The number of carbonyl (C=O) groups is 1. The average Bonchev–Trinajstić information content (AvgIpc) is 2.32. The predicted octanol–water partition coefficient (Wildman–Crippen LogP) is 3.02. The molecular formula is C13H10ClNO2. The van der Waals surface area contributed by atoms with E-state index in [1.165, 1.54) is 0 Å². The van der Waals surface area contributed by atoms with Crippen molar-refractivity contribution in [1.29, 1.82) is 0 Å². The van der Waals surface area contributed by atoms with E-state index in [0.29, 0.717) is 17.1 Å². The summed E-state index contributed by atoms with van der Waals surface area (Å²) in [6, 6.07) is 10.5. The first kappa shape index (κ1) is 11.6. The number of pyridine rings is 1. The van der Waals surface area contributed by atoms with Gasteiger partial charge in [0.25, 0.3) is 0 Å². The highest BCUT2D eigenvalue weighted by molar-refractivity contribution is 6.30. The summed E-state index contributed by atoms with van der Waals surface area (Å²) in [7, 11) is 0. The number of hydrogen-bond acceptors (Lipinski definition) is 2. The Kier molecular flexibility index (Phi) is 3.40. The van der Waals surface area contributed by atoms with Gasteiger partial charge in [0.1, 0.15) is 0 Å². The van der Waals surface area contributed by atoms with Crippen LogP contribution in [0.5, 0.6) is 0 Å². The van der Waals surface area contributed by atoms with Gasteiger partial charge in [-0.15, -0.1) is 0 Å². The number of carboxylic acids is 1. The number of halogens is 1. The van der Waals surface area contributed by atoms with E-state index in [-0.39, 0.29) is 5.56 Å². The van der Waals surface area contributed by atoms with Crippen molar-refractivity contribution in [2.24, 2.45) is 0 Å². The molecule has 3 nitrogen and oxygen atoms in total. The van der Waals surface area contributed by atoms with E-state index in [2.05, 4.69) is 4.98 Å². The maximum Gasteiger partial charge on any atom is 0.337 e. The van der Waals surface area contributed by atoms with Gasteiger partial charge in [0, 0.05) is 17.6 Å². The summed E-state index contributed by atoms with van der Waals surface area (Å²) < 4.78 is 0. The molecule has 1 aromatic heterocycles. The van der Waals surface area contributed by atoms with Crippen LogP contribution in [0.2, 0.25) is 5.02 Å². The summed E-state index contributed by atoms with van der Waals surface area (Å²) in [5, 5.41) is 9.69. The lowest BCUT2D eigenvalue weighted by Crippen LogP contribution is -2.05. The third-order valence-corrected chi connectivity index (χ3v) is 2.66. The van der Waals surface area contributed by atoms with Crippen molar-refractivity contribution < 1.29 is 9.90 Å². The van der Waals surface area contributed by atoms with Gasteiger partial charge in [0.05, 0.1) is 11.3 Å². The molecule has 0 radical (unpaired) electrons. The molecular weight excluding hydrogens is 238 g/mol. The third-order valence-electron chi connectivity index (χ3n) is 2.41. The second-order valence-corrected chi connectivity index (χ2v) is 4.04. The summed E-state index contributed by atoms with van der Waals surface area (Å²) in [4.78, 5) is 15.1. The molecule has 1 N–H and O–H groups in total. The van der Waals surface area contributed by atoms with Gasteiger partial charge in [-0.2, -0.15) is 0 Å². The van der Waals surface area contributed by atoms with Gasteiger partial charge >= 0.3 is 5.97 Å².